The van der Waals surface area contributed by atoms with Crippen molar-refractivity contribution in [1.29, 1.82) is 5.26 Å². The van der Waals surface area contributed by atoms with Crippen molar-refractivity contribution in [3.63, 3.8) is 0 Å². The molecule has 2 nitrogen and oxygen atoms in total. The summed E-state index contributed by atoms with van der Waals surface area (Å²) in [5, 5.41) is 8.49. The molecule has 0 aliphatic heterocycles. The monoisotopic (exact) mass is 181 g/mol. The predicted molar refractivity (Wildman–Crippen MR) is 51.9 cm³/mol. The van der Waals surface area contributed by atoms with Gasteiger partial charge in [0.25, 0.3) is 6.26 Å². The van der Waals surface area contributed by atoms with Gasteiger partial charge in [0.2, 0.25) is 0 Å². The average molecular weight is 181 g/mol. The third-order valence-corrected chi connectivity index (χ3v) is 2.74. The third-order valence-electron chi connectivity index (χ3n) is 2.74. The minimum atomic E-state index is 0.128. The van der Waals surface area contributed by atoms with E-state index >= 15 is 0 Å². The lowest BCUT2D eigenvalue weighted by Crippen LogP contribution is -2.37. The Morgan fingerprint density at radius 1 is 1.15 bits per heavy atom. The maximum Gasteiger partial charge on any atom is 0.286 e. The summed E-state index contributed by atoms with van der Waals surface area (Å²) in [4.78, 5) is 0. The topological polar surface area (TPSA) is 33.0 Å². The van der Waals surface area contributed by atoms with Crippen molar-refractivity contribution in [2.75, 3.05) is 0 Å². The van der Waals surface area contributed by atoms with Gasteiger partial charge in [-0.25, -0.2) is 0 Å². The van der Waals surface area contributed by atoms with Gasteiger partial charge in [-0.05, 0) is 30.1 Å². The molecule has 2 heteroatoms. The minimum absolute atomic E-state index is 0.128. The van der Waals surface area contributed by atoms with Crippen LogP contribution in [0.15, 0.2) is 0 Å². The Kier molecular flexibility index (Phi) is 2.56. The number of hydrogen-bond acceptors (Lipinski definition) is 2. The molecule has 0 spiro atoms. The highest BCUT2D eigenvalue weighted by Crippen LogP contribution is 2.46. The first-order valence-electron chi connectivity index (χ1n) is 4.89. The molecule has 0 bridgehead atoms. The summed E-state index contributed by atoms with van der Waals surface area (Å²) in [6.07, 6.45) is 5.16. The first kappa shape index (κ1) is 10.4. The zero-order valence-corrected chi connectivity index (χ0v) is 9.05. The molecule has 1 aliphatic carbocycles. The summed E-state index contributed by atoms with van der Waals surface area (Å²) in [5.41, 5.74) is 0.618. The molecule has 0 N–H and O–H groups in total. The number of nitriles is 1. The molecule has 1 aliphatic rings. The second kappa shape index (κ2) is 3.21. The Morgan fingerprint density at radius 2 is 1.62 bits per heavy atom. The van der Waals surface area contributed by atoms with Crippen molar-refractivity contribution < 1.29 is 4.74 Å². The molecule has 13 heavy (non-hydrogen) atoms. The predicted octanol–water partition coefficient (Wildman–Crippen LogP) is 3.09. The van der Waals surface area contributed by atoms with Gasteiger partial charge in [0.1, 0.15) is 6.10 Å². The van der Waals surface area contributed by atoms with Gasteiger partial charge in [-0.15, -0.1) is 0 Å². The lowest BCUT2D eigenvalue weighted by Gasteiger charge is -2.43. The van der Waals surface area contributed by atoms with Gasteiger partial charge in [-0.2, -0.15) is 5.26 Å². The van der Waals surface area contributed by atoms with Crippen LogP contribution in [0, 0.1) is 22.3 Å². The van der Waals surface area contributed by atoms with Crippen LogP contribution < -0.4 is 0 Å². The van der Waals surface area contributed by atoms with Crippen LogP contribution in [0.25, 0.3) is 0 Å². The van der Waals surface area contributed by atoms with E-state index < -0.39 is 0 Å². The van der Waals surface area contributed by atoms with E-state index in [-0.39, 0.29) is 6.10 Å². The maximum atomic E-state index is 8.49. The van der Waals surface area contributed by atoms with E-state index in [1.807, 2.05) is 6.26 Å². The summed E-state index contributed by atoms with van der Waals surface area (Å²) in [7, 11) is 0. The Labute approximate surface area is 80.9 Å². The molecule has 0 aromatic rings. The molecular formula is C11H19NO. The first-order chi connectivity index (χ1) is 5.85. The quantitative estimate of drug-likeness (QED) is 0.582. The van der Waals surface area contributed by atoms with Gasteiger partial charge < -0.3 is 4.74 Å². The smallest absolute Gasteiger partial charge is 0.286 e. The second-order valence-corrected chi connectivity index (χ2v) is 5.74. The Balaban J connectivity index is 2.67. The molecule has 1 fully saturated rings. The average Bonchev–Trinajstić information content (AvgIpc) is 1.78. The van der Waals surface area contributed by atoms with Crippen LogP contribution >= 0.6 is 0 Å². The van der Waals surface area contributed by atoms with Gasteiger partial charge in [-0.3, -0.25) is 0 Å². The van der Waals surface area contributed by atoms with Gasteiger partial charge in [0.05, 0.1) is 0 Å². The molecule has 0 radical (unpaired) electrons. The van der Waals surface area contributed by atoms with Crippen LogP contribution in [-0.4, -0.2) is 6.10 Å². The number of nitrogens with zero attached hydrogens (tertiary/aromatic N) is 1. The zero-order valence-electron chi connectivity index (χ0n) is 9.05. The summed E-state index contributed by atoms with van der Waals surface area (Å²) in [6, 6.07) is 0. The van der Waals surface area contributed by atoms with Crippen LogP contribution in [0.5, 0.6) is 0 Å². The highest BCUT2D eigenvalue weighted by atomic mass is 16.5. The maximum absolute atomic E-state index is 8.49. The van der Waals surface area contributed by atoms with E-state index in [0.717, 1.165) is 12.8 Å². The fourth-order valence-corrected chi connectivity index (χ4v) is 2.90. The highest BCUT2D eigenvalue weighted by molar-refractivity contribution is 4.90. The molecule has 1 saturated carbocycles. The molecule has 0 unspecified atom stereocenters. The Morgan fingerprint density at radius 3 is 2.00 bits per heavy atom. The van der Waals surface area contributed by atoms with E-state index in [2.05, 4.69) is 27.7 Å². The zero-order chi connectivity index (χ0) is 10.1. The van der Waals surface area contributed by atoms with Gasteiger partial charge >= 0.3 is 0 Å². The number of ether oxygens (including phenoxy) is 1. The van der Waals surface area contributed by atoms with Crippen LogP contribution in [0.3, 0.4) is 0 Å². The summed E-state index contributed by atoms with van der Waals surface area (Å²) in [6.45, 7) is 9.01. The molecule has 0 atom stereocenters. The van der Waals surface area contributed by atoms with Crippen molar-refractivity contribution in [1.82, 2.24) is 0 Å². The Bertz CT molecular complexity index is 209. The normalized spacial score (nSPS) is 26.4. The van der Waals surface area contributed by atoms with E-state index in [1.54, 1.807) is 0 Å². The van der Waals surface area contributed by atoms with E-state index in [0.29, 0.717) is 10.8 Å². The fraction of sp³-hybridized carbons (Fsp3) is 0.909. The standard InChI is InChI=1S/C11H19NO/c1-10(2)5-9(13-8-12)6-11(3,4)7-10/h9H,5-7H2,1-4H3. The van der Waals surface area contributed by atoms with Gasteiger partial charge in [0, 0.05) is 0 Å². The van der Waals surface area contributed by atoms with E-state index in [4.69, 9.17) is 10.00 Å². The van der Waals surface area contributed by atoms with Crippen molar-refractivity contribution in [3.8, 4) is 6.26 Å². The number of hydrogen-bond donors (Lipinski definition) is 0. The molecule has 0 aromatic heterocycles. The molecular weight excluding hydrogens is 162 g/mol. The molecule has 0 amide bonds. The molecule has 1 rings (SSSR count). The van der Waals surface area contributed by atoms with Crippen LogP contribution in [0.4, 0.5) is 0 Å². The molecule has 74 valence electrons. The van der Waals surface area contributed by atoms with E-state index in [9.17, 15) is 0 Å². The SMILES string of the molecule is CC1(C)CC(OC#N)CC(C)(C)C1. The minimum Gasteiger partial charge on any atom is -0.424 e. The van der Waals surface area contributed by atoms with Gasteiger partial charge in [-0.1, -0.05) is 27.7 Å². The van der Waals surface area contributed by atoms with Crippen molar-refractivity contribution in [2.24, 2.45) is 10.8 Å². The summed E-state index contributed by atoms with van der Waals surface area (Å²) >= 11 is 0. The second-order valence-electron chi connectivity index (χ2n) is 5.74. The van der Waals surface area contributed by atoms with Crippen molar-refractivity contribution in [3.05, 3.63) is 0 Å². The van der Waals surface area contributed by atoms with Crippen LogP contribution in [-0.2, 0) is 4.74 Å². The Hall–Kier alpha value is -0.710. The lowest BCUT2D eigenvalue weighted by atomic mass is 9.64. The lowest BCUT2D eigenvalue weighted by molar-refractivity contribution is -0.00274. The highest BCUT2D eigenvalue weighted by Gasteiger charge is 2.39. The molecule has 0 aromatic carbocycles. The summed E-state index contributed by atoms with van der Waals surface area (Å²) in [5.74, 6) is 0. The fourth-order valence-electron chi connectivity index (χ4n) is 2.90. The molecule has 0 heterocycles. The van der Waals surface area contributed by atoms with Crippen molar-refractivity contribution in [2.45, 2.75) is 53.1 Å². The van der Waals surface area contributed by atoms with Gasteiger partial charge in [0.15, 0.2) is 0 Å². The van der Waals surface area contributed by atoms with E-state index in [1.165, 1.54) is 6.42 Å². The largest absolute Gasteiger partial charge is 0.424 e. The van der Waals surface area contributed by atoms with Crippen LogP contribution in [0.2, 0.25) is 0 Å². The summed E-state index contributed by atoms with van der Waals surface area (Å²) < 4.78 is 5.06. The third kappa shape index (κ3) is 2.91. The molecule has 0 saturated heterocycles. The first-order valence-corrected chi connectivity index (χ1v) is 4.89. The number of rotatable bonds is 1. The van der Waals surface area contributed by atoms with Crippen molar-refractivity contribution >= 4 is 0 Å². The van der Waals surface area contributed by atoms with Crippen LogP contribution in [0.1, 0.15) is 47.0 Å².